The Morgan fingerprint density at radius 1 is 1.06 bits per heavy atom. The summed E-state index contributed by atoms with van der Waals surface area (Å²) in [5.41, 5.74) is 3.91. The number of carbonyl (C=O) groups is 1. The van der Waals surface area contributed by atoms with Gasteiger partial charge >= 0.3 is 0 Å². The van der Waals surface area contributed by atoms with Crippen LogP contribution >= 0.6 is 11.6 Å². The number of carbonyl (C=O) groups excluding carboxylic acids is 1. The zero-order valence-electron chi connectivity index (χ0n) is 18.7. The van der Waals surface area contributed by atoms with Gasteiger partial charge in [-0.25, -0.2) is 5.01 Å². The van der Waals surface area contributed by atoms with E-state index in [2.05, 4.69) is 10.1 Å². The lowest BCUT2D eigenvalue weighted by molar-refractivity contribution is -0.130. The van der Waals surface area contributed by atoms with E-state index in [9.17, 15) is 9.59 Å². The predicted molar refractivity (Wildman–Crippen MR) is 134 cm³/mol. The quantitative estimate of drug-likeness (QED) is 0.423. The van der Waals surface area contributed by atoms with Gasteiger partial charge in [0, 0.05) is 34.8 Å². The topological polar surface area (TPSA) is 74.8 Å². The maximum absolute atomic E-state index is 13.4. The van der Waals surface area contributed by atoms with Crippen LogP contribution in [-0.4, -0.2) is 28.7 Å². The van der Waals surface area contributed by atoms with E-state index in [1.807, 2.05) is 60.7 Å². The molecular formula is C27H22ClN3O3. The van der Waals surface area contributed by atoms with Gasteiger partial charge in [0.25, 0.3) is 5.56 Å². The molecule has 34 heavy (non-hydrogen) atoms. The average molecular weight is 472 g/mol. The highest BCUT2D eigenvalue weighted by atomic mass is 35.5. The molecule has 7 heteroatoms. The van der Waals surface area contributed by atoms with Crippen molar-refractivity contribution in [3.63, 3.8) is 0 Å². The summed E-state index contributed by atoms with van der Waals surface area (Å²) in [5.74, 6) is 0.488. The molecule has 0 fully saturated rings. The molecule has 0 unspecified atom stereocenters. The van der Waals surface area contributed by atoms with Gasteiger partial charge in [0.15, 0.2) is 0 Å². The Morgan fingerprint density at radius 3 is 2.59 bits per heavy atom. The van der Waals surface area contributed by atoms with Gasteiger partial charge < -0.3 is 9.72 Å². The summed E-state index contributed by atoms with van der Waals surface area (Å²) in [4.78, 5) is 28.9. The summed E-state index contributed by atoms with van der Waals surface area (Å²) in [6.07, 6.45) is 0.391. The summed E-state index contributed by atoms with van der Waals surface area (Å²) in [5, 5.41) is 7.48. The van der Waals surface area contributed by atoms with Crippen molar-refractivity contribution in [3.05, 3.63) is 99.3 Å². The number of ether oxygens (including phenoxy) is 1. The van der Waals surface area contributed by atoms with Crippen molar-refractivity contribution in [3.8, 4) is 16.9 Å². The Labute approximate surface area is 201 Å². The third kappa shape index (κ3) is 3.86. The monoisotopic (exact) mass is 471 g/mol. The molecule has 170 valence electrons. The minimum absolute atomic E-state index is 0.204. The second-order valence-electron chi connectivity index (χ2n) is 8.17. The zero-order chi connectivity index (χ0) is 23.8. The van der Waals surface area contributed by atoms with Crippen molar-refractivity contribution < 1.29 is 9.53 Å². The van der Waals surface area contributed by atoms with Crippen molar-refractivity contribution in [2.45, 2.75) is 19.4 Å². The molecule has 1 aromatic heterocycles. The van der Waals surface area contributed by atoms with E-state index in [1.54, 1.807) is 19.2 Å². The van der Waals surface area contributed by atoms with E-state index in [1.165, 1.54) is 11.9 Å². The molecule has 1 atom stereocenters. The summed E-state index contributed by atoms with van der Waals surface area (Å²) in [6.45, 7) is 1.47. The van der Waals surface area contributed by atoms with Crippen LogP contribution in [0.5, 0.6) is 5.75 Å². The van der Waals surface area contributed by atoms with Gasteiger partial charge in [0.05, 0.1) is 24.4 Å². The summed E-state index contributed by atoms with van der Waals surface area (Å²) >= 11 is 6.34. The smallest absolute Gasteiger partial charge is 0.258 e. The fourth-order valence-electron chi connectivity index (χ4n) is 4.51. The van der Waals surface area contributed by atoms with Gasteiger partial charge in [0.1, 0.15) is 5.75 Å². The summed E-state index contributed by atoms with van der Waals surface area (Å²) < 4.78 is 5.37. The van der Waals surface area contributed by atoms with Crippen LogP contribution in [0.1, 0.15) is 30.5 Å². The molecule has 3 aromatic carbocycles. The van der Waals surface area contributed by atoms with Gasteiger partial charge in [-0.15, -0.1) is 0 Å². The molecule has 0 saturated heterocycles. The van der Waals surface area contributed by atoms with Gasteiger partial charge in [-0.2, -0.15) is 5.10 Å². The van der Waals surface area contributed by atoms with E-state index >= 15 is 0 Å². The Balaban J connectivity index is 1.73. The molecule has 0 aliphatic carbocycles. The van der Waals surface area contributed by atoms with Crippen LogP contribution in [0.2, 0.25) is 5.02 Å². The summed E-state index contributed by atoms with van der Waals surface area (Å²) in [6, 6.07) is 22.3. The first kappa shape index (κ1) is 21.9. The van der Waals surface area contributed by atoms with Crippen LogP contribution in [0.25, 0.3) is 22.0 Å². The van der Waals surface area contributed by atoms with Gasteiger partial charge in [0.2, 0.25) is 5.91 Å². The number of hydrogen-bond acceptors (Lipinski definition) is 4. The Hall–Kier alpha value is -3.90. The molecule has 5 rings (SSSR count). The van der Waals surface area contributed by atoms with Crippen molar-refractivity contribution in [2.24, 2.45) is 5.10 Å². The van der Waals surface area contributed by atoms with Crippen LogP contribution in [0.4, 0.5) is 0 Å². The average Bonchev–Trinajstić information content (AvgIpc) is 3.29. The van der Waals surface area contributed by atoms with E-state index in [-0.39, 0.29) is 17.5 Å². The summed E-state index contributed by atoms with van der Waals surface area (Å²) in [7, 11) is 1.60. The number of methoxy groups -OCH3 is 1. The standard InChI is InChI=1S/C27H22ClN3O3/c1-16(32)31-24(18-9-6-10-20(13-18)34-2)15-23(30-31)26-25(17-7-4-3-5-8-17)21-14-19(28)11-12-22(21)29-27(26)33/h3-14,24H,15H2,1-2H3,(H,29,33)/t24-/m0/s1. The van der Waals surface area contributed by atoms with E-state index < -0.39 is 0 Å². The number of H-pyrrole nitrogens is 1. The van der Waals surface area contributed by atoms with Crippen LogP contribution in [0.3, 0.4) is 0 Å². The number of amides is 1. The van der Waals surface area contributed by atoms with Crippen molar-refractivity contribution >= 4 is 34.1 Å². The van der Waals surface area contributed by atoms with Gasteiger partial charge in [-0.05, 0) is 41.5 Å². The van der Waals surface area contributed by atoms with Crippen LogP contribution < -0.4 is 10.3 Å². The highest BCUT2D eigenvalue weighted by molar-refractivity contribution is 6.31. The second kappa shape index (κ2) is 8.80. The maximum Gasteiger partial charge on any atom is 0.258 e. The minimum atomic E-state index is -0.347. The fraction of sp³-hybridized carbons (Fsp3) is 0.148. The van der Waals surface area contributed by atoms with E-state index in [0.29, 0.717) is 34.0 Å². The van der Waals surface area contributed by atoms with E-state index in [0.717, 1.165) is 22.1 Å². The molecule has 1 aliphatic heterocycles. The van der Waals surface area contributed by atoms with Crippen LogP contribution in [0, 0.1) is 0 Å². The number of hydrogen-bond donors (Lipinski definition) is 1. The molecule has 0 spiro atoms. The molecule has 0 radical (unpaired) electrons. The van der Waals surface area contributed by atoms with Gasteiger partial charge in [-0.3, -0.25) is 9.59 Å². The highest BCUT2D eigenvalue weighted by Crippen LogP contribution is 2.38. The second-order valence-corrected chi connectivity index (χ2v) is 8.60. The molecule has 1 amide bonds. The molecule has 1 aliphatic rings. The number of fused-ring (bicyclic) bond motifs is 1. The maximum atomic E-state index is 13.4. The van der Waals surface area contributed by atoms with Gasteiger partial charge in [-0.1, -0.05) is 54.1 Å². The number of nitrogens with zero attached hydrogens (tertiary/aromatic N) is 2. The number of pyridine rings is 1. The molecule has 6 nitrogen and oxygen atoms in total. The number of aromatic nitrogens is 1. The van der Waals surface area contributed by atoms with Crippen molar-refractivity contribution in [1.82, 2.24) is 9.99 Å². The lowest BCUT2D eigenvalue weighted by Gasteiger charge is -2.20. The Morgan fingerprint density at radius 2 is 1.85 bits per heavy atom. The molecule has 1 N–H and O–H groups in total. The normalized spacial score (nSPS) is 15.4. The number of hydrazone groups is 1. The zero-order valence-corrected chi connectivity index (χ0v) is 19.5. The third-order valence-corrected chi connectivity index (χ3v) is 6.27. The molecule has 2 heterocycles. The fourth-order valence-corrected chi connectivity index (χ4v) is 4.68. The molecule has 0 bridgehead atoms. The lowest BCUT2D eigenvalue weighted by atomic mass is 9.91. The van der Waals surface area contributed by atoms with Crippen LogP contribution in [-0.2, 0) is 4.79 Å². The Bertz CT molecular complexity index is 1490. The number of nitrogens with one attached hydrogen (secondary N) is 1. The van der Waals surface area contributed by atoms with Crippen molar-refractivity contribution in [1.29, 1.82) is 0 Å². The minimum Gasteiger partial charge on any atom is -0.497 e. The number of rotatable bonds is 4. The van der Waals surface area contributed by atoms with E-state index in [4.69, 9.17) is 16.3 Å². The predicted octanol–water partition coefficient (Wildman–Crippen LogP) is 5.55. The first-order chi connectivity index (χ1) is 16.5. The molecule has 0 saturated carbocycles. The number of aromatic amines is 1. The largest absolute Gasteiger partial charge is 0.497 e. The lowest BCUT2D eigenvalue weighted by Crippen LogP contribution is -2.24. The Kier molecular flexibility index (Phi) is 5.67. The first-order valence-corrected chi connectivity index (χ1v) is 11.3. The first-order valence-electron chi connectivity index (χ1n) is 10.9. The number of benzene rings is 3. The third-order valence-electron chi connectivity index (χ3n) is 6.04. The number of halogens is 1. The molecule has 4 aromatic rings. The van der Waals surface area contributed by atoms with Crippen LogP contribution in [0.15, 0.2) is 82.7 Å². The molecular weight excluding hydrogens is 450 g/mol. The highest BCUT2D eigenvalue weighted by Gasteiger charge is 2.34. The SMILES string of the molecule is COc1cccc([C@@H]2CC(c3c(-c4ccccc4)c4cc(Cl)ccc4[nH]c3=O)=NN2C(C)=O)c1. The van der Waals surface area contributed by atoms with Crippen molar-refractivity contribution in [2.75, 3.05) is 7.11 Å².